The van der Waals surface area contributed by atoms with Crippen molar-refractivity contribution in [3.8, 4) is 28.5 Å². The summed E-state index contributed by atoms with van der Waals surface area (Å²) in [6, 6.07) is 20.6. The van der Waals surface area contributed by atoms with Gasteiger partial charge >= 0.3 is 0 Å². The third-order valence-corrected chi connectivity index (χ3v) is 5.22. The number of methoxy groups -OCH3 is 1. The summed E-state index contributed by atoms with van der Waals surface area (Å²) >= 11 is 5.96. The number of benzene rings is 3. The van der Waals surface area contributed by atoms with E-state index in [1.807, 2.05) is 30.3 Å². The Labute approximate surface area is 195 Å². The largest absolute Gasteiger partial charge is 0.508 e. The molecular formula is C25H20ClN3O4. The van der Waals surface area contributed by atoms with Crippen molar-refractivity contribution in [2.45, 2.75) is 6.54 Å². The Bertz CT molecular complexity index is 1280. The van der Waals surface area contributed by atoms with Crippen LogP contribution < -0.4 is 9.64 Å². The normalized spacial score (nSPS) is 10.6. The molecule has 0 aliphatic heterocycles. The van der Waals surface area contributed by atoms with Crippen molar-refractivity contribution < 1.29 is 19.7 Å². The Hall–Kier alpha value is -4.10. The fourth-order valence-corrected chi connectivity index (χ4v) is 3.53. The molecule has 0 radical (unpaired) electrons. The third-order valence-electron chi connectivity index (χ3n) is 5.04. The van der Waals surface area contributed by atoms with Gasteiger partial charge in [-0.2, -0.15) is 0 Å². The molecule has 33 heavy (non-hydrogen) atoms. The second-order valence-corrected chi connectivity index (χ2v) is 7.52. The van der Waals surface area contributed by atoms with Crippen LogP contribution in [0.25, 0.3) is 11.3 Å². The molecule has 0 bridgehead atoms. The highest BCUT2D eigenvalue weighted by molar-refractivity contribution is 6.28. The Morgan fingerprint density at radius 3 is 2.42 bits per heavy atom. The van der Waals surface area contributed by atoms with Crippen molar-refractivity contribution in [2.75, 3.05) is 12.0 Å². The summed E-state index contributed by atoms with van der Waals surface area (Å²) in [5, 5.41) is 19.9. The number of carbonyl (C=O) groups is 1. The first-order valence-electron chi connectivity index (χ1n) is 10.0. The number of hydrogen-bond donors (Lipinski definition) is 2. The molecule has 8 heteroatoms. The van der Waals surface area contributed by atoms with Crippen LogP contribution in [0.1, 0.15) is 15.9 Å². The highest BCUT2D eigenvalue weighted by Gasteiger charge is 2.22. The van der Waals surface area contributed by atoms with E-state index in [1.165, 1.54) is 25.4 Å². The van der Waals surface area contributed by atoms with E-state index in [2.05, 4.69) is 9.97 Å². The summed E-state index contributed by atoms with van der Waals surface area (Å²) < 4.78 is 5.33. The van der Waals surface area contributed by atoms with Crippen LogP contribution in [0, 0.1) is 0 Å². The first-order chi connectivity index (χ1) is 16.0. The molecule has 0 aliphatic carbocycles. The van der Waals surface area contributed by atoms with Crippen molar-refractivity contribution in [3.05, 3.63) is 95.4 Å². The van der Waals surface area contributed by atoms with Gasteiger partial charge in [-0.05, 0) is 41.4 Å². The molecule has 3 aromatic carbocycles. The molecule has 0 saturated carbocycles. The minimum absolute atomic E-state index is 0.0806. The molecule has 1 amide bonds. The van der Waals surface area contributed by atoms with E-state index in [0.717, 1.165) is 17.2 Å². The lowest BCUT2D eigenvalue weighted by atomic mass is 10.1. The van der Waals surface area contributed by atoms with Gasteiger partial charge in [0.1, 0.15) is 17.2 Å². The van der Waals surface area contributed by atoms with Crippen LogP contribution >= 0.6 is 11.6 Å². The lowest BCUT2D eigenvalue weighted by molar-refractivity contribution is 0.0982. The van der Waals surface area contributed by atoms with E-state index in [1.54, 1.807) is 29.2 Å². The van der Waals surface area contributed by atoms with Gasteiger partial charge in [0.2, 0.25) is 5.28 Å². The van der Waals surface area contributed by atoms with Gasteiger partial charge in [-0.15, -0.1) is 0 Å². The summed E-state index contributed by atoms with van der Waals surface area (Å²) in [6.45, 7) is 0.280. The average molecular weight is 462 g/mol. The number of nitrogens with zero attached hydrogens (tertiary/aromatic N) is 3. The van der Waals surface area contributed by atoms with Crippen molar-refractivity contribution in [3.63, 3.8) is 0 Å². The Morgan fingerprint density at radius 1 is 1.03 bits per heavy atom. The molecule has 2 N–H and O–H groups in total. The molecule has 0 atom stereocenters. The topological polar surface area (TPSA) is 95.8 Å². The number of phenols is 2. The van der Waals surface area contributed by atoms with Gasteiger partial charge in [0.25, 0.3) is 5.91 Å². The summed E-state index contributed by atoms with van der Waals surface area (Å²) in [7, 11) is 1.52. The maximum Gasteiger partial charge on any atom is 0.262 e. The number of phenolic OH excluding ortho intramolecular Hbond substituents is 2. The standard InChI is InChI=1S/C25H20ClN3O4/c1-33-22-14-27-25(26)28-23(22)17-7-9-18(10-8-17)29(15-16-5-3-2-4-6-16)24(32)20-12-11-19(30)13-21(20)31/h2-14,30-31H,15H2,1H3. The molecule has 0 unspecified atom stereocenters. The highest BCUT2D eigenvalue weighted by Crippen LogP contribution is 2.32. The number of amides is 1. The quantitative estimate of drug-likeness (QED) is 0.389. The zero-order valence-electron chi connectivity index (χ0n) is 17.6. The third kappa shape index (κ3) is 4.88. The molecular weight excluding hydrogens is 442 g/mol. The second kappa shape index (κ2) is 9.58. The minimum Gasteiger partial charge on any atom is -0.508 e. The minimum atomic E-state index is -0.410. The number of halogens is 1. The van der Waals surface area contributed by atoms with Crippen LogP contribution in [0.5, 0.6) is 17.2 Å². The molecule has 0 aliphatic rings. The van der Waals surface area contributed by atoms with E-state index in [0.29, 0.717) is 17.1 Å². The average Bonchev–Trinajstić information content (AvgIpc) is 2.83. The molecule has 1 aromatic heterocycles. The summed E-state index contributed by atoms with van der Waals surface area (Å²) in [4.78, 5) is 23.1. The van der Waals surface area contributed by atoms with Crippen LogP contribution in [0.2, 0.25) is 5.28 Å². The number of anilines is 1. The Kier molecular flexibility index (Phi) is 6.42. The Morgan fingerprint density at radius 2 is 1.76 bits per heavy atom. The van der Waals surface area contributed by atoms with E-state index in [-0.39, 0.29) is 28.9 Å². The summed E-state index contributed by atoms with van der Waals surface area (Å²) in [6.07, 6.45) is 1.50. The zero-order chi connectivity index (χ0) is 23.4. The van der Waals surface area contributed by atoms with Crippen molar-refractivity contribution in [1.29, 1.82) is 0 Å². The van der Waals surface area contributed by atoms with Gasteiger partial charge in [0, 0.05) is 17.3 Å². The van der Waals surface area contributed by atoms with Crippen LogP contribution in [0.3, 0.4) is 0 Å². The first-order valence-corrected chi connectivity index (χ1v) is 10.4. The highest BCUT2D eigenvalue weighted by atomic mass is 35.5. The molecule has 4 rings (SSSR count). The van der Waals surface area contributed by atoms with Gasteiger partial charge in [0.15, 0.2) is 5.75 Å². The van der Waals surface area contributed by atoms with Crippen molar-refractivity contribution >= 4 is 23.2 Å². The van der Waals surface area contributed by atoms with Crippen LogP contribution in [0.4, 0.5) is 5.69 Å². The van der Waals surface area contributed by atoms with Crippen LogP contribution in [-0.4, -0.2) is 33.2 Å². The summed E-state index contributed by atoms with van der Waals surface area (Å²) in [5.74, 6) is -0.360. The number of carbonyl (C=O) groups excluding carboxylic acids is 1. The van der Waals surface area contributed by atoms with Gasteiger partial charge in [-0.3, -0.25) is 4.79 Å². The maximum atomic E-state index is 13.4. The predicted molar refractivity (Wildman–Crippen MR) is 126 cm³/mol. The van der Waals surface area contributed by atoms with E-state index >= 15 is 0 Å². The number of ether oxygens (including phenoxy) is 1. The van der Waals surface area contributed by atoms with Crippen molar-refractivity contribution in [2.24, 2.45) is 0 Å². The Balaban J connectivity index is 1.73. The lowest BCUT2D eigenvalue weighted by Gasteiger charge is -2.24. The molecule has 0 saturated heterocycles. The number of aromatic nitrogens is 2. The van der Waals surface area contributed by atoms with Gasteiger partial charge in [-0.25, -0.2) is 9.97 Å². The van der Waals surface area contributed by atoms with Gasteiger partial charge in [-0.1, -0.05) is 42.5 Å². The van der Waals surface area contributed by atoms with E-state index < -0.39 is 5.91 Å². The van der Waals surface area contributed by atoms with E-state index in [4.69, 9.17) is 16.3 Å². The second-order valence-electron chi connectivity index (χ2n) is 7.18. The maximum absolute atomic E-state index is 13.4. The SMILES string of the molecule is COc1cnc(Cl)nc1-c1ccc(N(Cc2ccccc2)C(=O)c2ccc(O)cc2O)cc1. The molecule has 166 valence electrons. The summed E-state index contributed by atoms with van der Waals surface area (Å²) in [5.41, 5.74) is 2.87. The molecule has 7 nitrogen and oxygen atoms in total. The molecule has 0 fully saturated rings. The van der Waals surface area contributed by atoms with Crippen LogP contribution in [-0.2, 0) is 6.54 Å². The predicted octanol–water partition coefficient (Wildman–Crippen LogP) is 5.06. The molecule has 1 heterocycles. The number of hydrogen-bond acceptors (Lipinski definition) is 6. The van der Waals surface area contributed by atoms with Crippen LogP contribution in [0.15, 0.2) is 79.0 Å². The fraction of sp³-hybridized carbons (Fsp3) is 0.0800. The zero-order valence-corrected chi connectivity index (χ0v) is 18.4. The fourth-order valence-electron chi connectivity index (χ4n) is 3.40. The van der Waals surface area contributed by atoms with Gasteiger partial charge in [0.05, 0.1) is 25.4 Å². The van der Waals surface area contributed by atoms with Gasteiger partial charge < -0.3 is 19.8 Å². The number of aromatic hydroxyl groups is 2. The van der Waals surface area contributed by atoms with Crippen molar-refractivity contribution in [1.82, 2.24) is 9.97 Å². The molecule has 4 aromatic rings. The first kappa shape index (κ1) is 22.1. The molecule has 0 spiro atoms. The monoisotopic (exact) mass is 461 g/mol. The van der Waals surface area contributed by atoms with E-state index in [9.17, 15) is 15.0 Å². The number of rotatable bonds is 6. The smallest absolute Gasteiger partial charge is 0.262 e. The lowest BCUT2D eigenvalue weighted by Crippen LogP contribution is -2.30.